The molecular formula is C44H34Cl8N8O6. The van der Waals surface area contributed by atoms with E-state index in [0.717, 1.165) is 0 Å². The van der Waals surface area contributed by atoms with Crippen molar-refractivity contribution < 1.29 is 28.8 Å². The summed E-state index contributed by atoms with van der Waals surface area (Å²) in [4.78, 5) is 78.9. The van der Waals surface area contributed by atoms with E-state index in [4.69, 9.17) is 92.8 Å². The van der Waals surface area contributed by atoms with Crippen LogP contribution >= 0.6 is 92.8 Å². The molecule has 5 aromatic carbocycles. The van der Waals surface area contributed by atoms with Gasteiger partial charge >= 0.3 is 0 Å². The Bertz CT molecular complexity index is 2620. The minimum Gasteiger partial charge on any atom is -0.323 e. The average molecular weight is 1050 g/mol. The zero-order valence-electron chi connectivity index (χ0n) is 34.8. The quantitative estimate of drug-likeness (QED) is 0.0430. The molecule has 4 amide bonds. The molecule has 0 saturated carbocycles. The lowest BCUT2D eigenvalue weighted by Crippen LogP contribution is -2.33. The summed E-state index contributed by atoms with van der Waals surface area (Å²) in [5, 5.41) is 27.7. The van der Waals surface area contributed by atoms with E-state index in [2.05, 4.69) is 41.7 Å². The van der Waals surface area contributed by atoms with Crippen LogP contribution in [-0.4, -0.2) is 47.3 Å². The Morgan fingerprint density at radius 2 is 0.803 bits per heavy atom. The fraction of sp³-hybridized carbons (Fsp3) is 0.182. The lowest BCUT2D eigenvalue weighted by Gasteiger charge is -2.20. The first-order valence-electron chi connectivity index (χ1n) is 19.3. The largest absolute Gasteiger partial charge is 0.323 e. The lowest BCUT2D eigenvalue weighted by molar-refractivity contribution is -0.127. The smallest absolute Gasteiger partial charge is 0.258 e. The van der Waals surface area contributed by atoms with Gasteiger partial charge in [-0.3, -0.25) is 28.8 Å². The number of anilines is 4. The molecular weight excluding hydrogens is 1020 g/mol. The third-order valence-electron chi connectivity index (χ3n) is 9.37. The van der Waals surface area contributed by atoms with Crippen molar-refractivity contribution in [2.75, 3.05) is 21.3 Å². The number of carbonyl (C=O) groups excluding carboxylic acids is 6. The summed E-state index contributed by atoms with van der Waals surface area (Å²) in [5.74, 6) is -4.15. The second-order valence-corrected chi connectivity index (χ2v) is 17.2. The molecule has 0 aliphatic rings. The van der Waals surface area contributed by atoms with Gasteiger partial charge in [0.05, 0.1) is 62.7 Å². The zero-order valence-corrected chi connectivity index (χ0v) is 40.8. The molecule has 4 N–H and O–H groups in total. The zero-order chi connectivity index (χ0) is 48.6. The van der Waals surface area contributed by atoms with Crippen molar-refractivity contribution >= 4 is 162 Å². The molecule has 5 aromatic rings. The van der Waals surface area contributed by atoms with Crippen LogP contribution in [-0.2, 0) is 32.0 Å². The summed E-state index contributed by atoms with van der Waals surface area (Å²) in [6.07, 6.45) is 0.748. The van der Waals surface area contributed by atoms with Gasteiger partial charge in [-0.15, -0.1) is 0 Å². The third-order valence-corrected chi connectivity index (χ3v) is 12.4. The summed E-state index contributed by atoms with van der Waals surface area (Å²) >= 11 is 49.0. The summed E-state index contributed by atoms with van der Waals surface area (Å²) in [6.45, 7) is 6.00. The number of halogens is 8. The van der Waals surface area contributed by atoms with Crippen LogP contribution in [0.15, 0.2) is 93.3 Å². The number of nitrogens with one attached hydrogen (secondary N) is 4. The molecule has 0 bridgehead atoms. The van der Waals surface area contributed by atoms with Crippen LogP contribution < -0.4 is 21.3 Å². The molecule has 0 spiro atoms. The van der Waals surface area contributed by atoms with Gasteiger partial charge in [-0.1, -0.05) is 107 Å². The van der Waals surface area contributed by atoms with E-state index in [9.17, 15) is 28.8 Å². The van der Waals surface area contributed by atoms with Crippen molar-refractivity contribution in [1.29, 1.82) is 0 Å². The van der Waals surface area contributed by atoms with Crippen LogP contribution in [0.2, 0.25) is 40.2 Å². The first-order chi connectivity index (χ1) is 31.2. The summed E-state index contributed by atoms with van der Waals surface area (Å²) in [5.41, 5.74) is 2.60. The number of azo groups is 2. The molecule has 0 aliphatic carbocycles. The number of nitrogens with zero attached hydrogens (tertiary/aromatic N) is 4. The number of ketones is 2. The molecule has 342 valence electrons. The summed E-state index contributed by atoms with van der Waals surface area (Å²) in [6, 6.07) is 13.8. The van der Waals surface area contributed by atoms with E-state index in [1.807, 2.05) is 13.8 Å². The molecule has 22 heteroatoms. The average Bonchev–Trinajstić information content (AvgIpc) is 3.25. The van der Waals surface area contributed by atoms with Gasteiger partial charge in [-0.25, -0.2) is 0 Å². The van der Waals surface area contributed by atoms with Gasteiger partial charge in [0, 0.05) is 22.7 Å². The molecule has 2 unspecified atom stereocenters. The van der Waals surface area contributed by atoms with E-state index in [-0.39, 0.29) is 74.1 Å². The predicted molar refractivity (Wildman–Crippen MR) is 262 cm³/mol. The van der Waals surface area contributed by atoms with Crippen LogP contribution in [0.25, 0.3) is 0 Å². The van der Waals surface area contributed by atoms with Crippen molar-refractivity contribution in [3.8, 4) is 0 Å². The van der Waals surface area contributed by atoms with Crippen LogP contribution in [0.5, 0.6) is 0 Å². The Morgan fingerprint density at radius 3 is 1.11 bits per heavy atom. The van der Waals surface area contributed by atoms with Crippen LogP contribution in [0, 0.1) is 0 Å². The normalized spacial score (nSPS) is 12.2. The highest BCUT2D eigenvalue weighted by molar-refractivity contribution is 6.49. The number of benzene rings is 5. The van der Waals surface area contributed by atoms with Crippen LogP contribution in [0.3, 0.4) is 0 Å². The molecule has 0 heterocycles. The number of amides is 4. The topological polar surface area (TPSA) is 200 Å². The Hall–Kier alpha value is -5.16. The Labute approximate surface area is 417 Å². The first kappa shape index (κ1) is 51.8. The highest BCUT2D eigenvalue weighted by atomic mass is 35.5. The maximum Gasteiger partial charge on any atom is 0.258 e. The van der Waals surface area contributed by atoms with Gasteiger partial charge in [0.15, 0.2) is 11.6 Å². The van der Waals surface area contributed by atoms with Crippen LogP contribution in [0.1, 0.15) is 59.5 Å². The van der Waals surface area contributed by atoms with E-state index >= 15 is 0 Å². The molecule has 2 atom stereocenters. The van der Waals surface area contributed by atoms with Crippen molar-refractivity contribution in [2.24, 2.45) is 20.5 Å². The molecule has 14 nitrogen and oxygen atoms in total. The molecule has 0 fully saturated rings. The van der Waals surface area contributed by atoms with Gasteiger partial charge < -0.3 is 21.3 Å². The SMILES string of the molecule is CCc1c(NC(=O)C(N=Nc2ccc(Cl)c(C(=O)Nc3cc(Cl)c(Cl)c(Cl)c3)c2)C(C)=O)ccc(NC(=O)C(N=Nc2ccc(Cl)c(C(=O)Nc3cc(Cl)c(Cl)c(Cl)c3)c2)C(C)=O)c1CC. The van der Waals surface area contributed by atoms with Gasteiger partial charge in [-0.2, -0.15) is 20.5 Å². The molecule has 0 saturated heterocycles. The molecule has 66 heavy (non-hydrogen) atoms. The Morgan fingerprint density at radius 1 is 0.470 bits per heavy atom. The van der Waals surface area contributed by atoms with E-state index in [1.165, 1.54) is 86.6 Å². The van der Waals surface area contributed by atoms with Crippen LogP contribution in [0.4, 0.5) is 34.1 Å². The van der Waals surface area contributed by atoms with Gasteiger partial charge in [0.2, 0.25) is 12.1 Å². The Balaban J connectivity index is 1.30. The van der Waals surface area contributed by atoms with E-state index in [0.29, 0.717) is 35.3 Å². The Kier molecular flexibility index (Phi) is 18.1. The monoisotopic (exact) mass is 1050 g/mol. The number of hydrogen-bond donors (Lipinski definition) is 4. The van der Waals surface area contributed by atoms with Gasteiger partial charge in [0.25, 0.3) is 23.6 Å². The molecule has 0 aromatic heterocycles. The fourth-order valence-corrected chi connectivity index (χ4v) is 7.77. The van der Waals surface area contributed by atoms with E-state index < -0.39 is 47.3 Å². The van der Waals surface area contributed by atoms with Crippen molar-refractivity contribution in [2.45, 2.75) is 52.6 Å². The lowest BCUT2D eigenvalue weighted by atomic mass is 9.98. The predicted octanol–water partition coefficient (Wildman–Crippen LogP) is 13.9. The van der Waals surface area contributed by atoms with Crippen molar-refractivity contribution in [3.05, 3.63) is 135 Å². The number of Topliss-reactive ketones (excluding diaryl/α,β-unsaturated/α-hetero) is 2. The first-order valence-corrected chi connectivity index (χ1v) is 22.3. The number of hydrogen-bond acceptors (Lipinski definition) is 10. The number of rotatable bonds is 16. The van der Waals surface area contributed by atoms with Crippen molar-refractivity contribution in [1.82, 2.24) is 0 Å². The van der Waals surface area contributed by atoms with E-state index in [1.54, 1.807) is 0 Å². The van der Waals surface area contributed by atoms with Crippen molar-refractivity contribution in [3.63, 3.8) is 0 Å². The van der Waals surface area contributed by atoms with Gasteiger partial charge in [0.1, 0.15) is 0 Å². The highest BCUT2D eigenvalue weighted by Gasteiger charge is 2.27. The number of carbonyl (C=O) groups is 6. The minimum absolute atomic E-state index is 0.00490. The van der Waals surface area contributed by atoms with Gasteiger partial charge in [-0.05, 0) is 111 Å². The second-order valence-electron chi connectivity index (χ2n) is 14.0. The highest BCUT2D eigenvalue weighted by Crippen LogP contribution is 2.36. The molecule has 0 aliphatic heterocycles. The third kappa shape index (κ3) is 12.8. The maximum absolute atomic E-state index is 13.6. The summed E-state index contributed by atoms with van der Waals surface area (Å²) < 4.78 is 0. The molecule has 5 rings (SSSR count). The molecule has 0 radical (unpaired) electrons. The standard InChI is InChI=1S/C44H34Cl8N8O6/c1-5-25-26(6-2)36(56-44(66)40(20(4)62)60-58-22-8-10-30(46)28(14-22)42(64)54-24-17-33(49)38(52)34(50)18-24)12-11-35(25)55-43(65)39(19(3)61)59-57-21-7-9-29(45)27(13-21)41(63)53-23-15-31(47)37(51)32(48)16-23/h7-18,39-40H,5-6H2,1-4H3,(H,53,63)(H,54,64)(H,55,65)(H,56,66). The summed E-state index contributed by atoms with van der Waals surface area (Å²) in [7, 11) is 0. The minimum atomic E-state index is -1.60. The fourth-order valence-electron chi connectivity index (χ4n) is 6.17. The maximum atomic E-state index is 13.6. The second kappa shape index (κ2) is 23.0.